The summed E-state index contributed by atoms with van der Waals surface area (Å²) in [4.78, 5) is 27.5. The number of benzene rings is 2. The molecule has 0 amide bonds. The first-order chi connectivity index (χ1) is 14.9. The Morgan fingerprint density at radius 2 is 1.97 bits per heavy atom. The van der Waals surface area contributed by atoms with E-state index in [0.717, 1.165) is 6.07 Å². The van der Waals surface area contributed by atoms with Gasteiger partial charge in [0.05, 0.1) is 22.9 Å². The molecule has 2 unspecified atom stereocenters. The zero-order valence-electron chi connectivity index (χ0n) is 16.2. The molecule has 0 fully saturated rings. The van der Waals surface area contributed by atoms with Gasteiger partial charge in [-0.2, -0.15) is 10.2 Å². The molecule has 0 bridgehead atoms. The van der Waals surface area contributed by atoms with Gasteiger partial charge in [0.1, 0.15) is 23.8 Å². The fourth-order valence-electron chi connectivity index (χ4n) is 3.81. The van der Waals surface area contributed by atoms with Crippen LogP contribution < -0.4 is 5.56 Å². The topological polar surface area (TPSA) is 120 Å². The molecule has 2 heterocycles. The average molecular weight is 426 g/mol. The van der Waals surface area contributed by atoms with Crippen molar-refractivity contribution < 1.29 is 13.7 Å². The Morgan fingerprint density at radius 1 is 1.23 bits per heavy atom. The van der Waals surface area contributed by atoms with Gasteiger partial charge < -0.3 is 0 Å². The highest BCUT2D eigenvalue weighted by atomic mass is 19.1. The number of H-pyrrole nitrogens is 1. The summed E-state index contributed by atoms with van der Waals surface area (Å²) in [7, 11) is 1.59. The van der Waals surface area contributed by atoms with E-state index < -0.39 is 40.5 Å². The first-order valence-corrected chi connectivity index (χ1v) is 9.24. The molecule has 0 saturated heterocycles. The zero-order valence-corrected chi connectivity index (χ0v) is 16.2. The van der Waals surface area contributed by atoms with Gasteiger partial charge in [0.25, 0.3) is 5.56 Å². The van der Waals surface area contributed by atoms with E-state index in [1.165, 1.54) is 11.0 Å². The number of aryl methyl sites for hydroxylation is 1. The van der Waals surface area contributed by atoms with Crippen LogP contribution in [-0.4, -0.2) is 36.4 Å². The molecule has 2 atom stereocenters. The van der Waals surface area contributed by atoms with Gasteiger partial charge in [-0.05, 0) is 11.6 Å². The summed E-state index contributed by atoms with van der Waals surface area (Å²) in [6, 6.07) is 10.2. The average Bonchev–Trinajstić information content (AvgIpc) is 3.15. The van der Waals surface area contributed by atoms with Crippen LogP contribution in [0.2, 0.25) is 0 Å². The lowest BCUT2D eigenvalue weighted by molar-refractivity contribution is -0.483. The Hall–Kier alpha value is -4.02. The van der Waals surface area contributed by atoms with Crippen LogP contribution in [0.15, 0.2) is 53.6 Å². The first-order valence-electron chi connectivity index (χ1n) is 9.24. The fraction of sp³-hybridized carbons (Fsp3) is 0.200. The molecule has 2 aromatic heterocycles. The van der Waals surface area contributed by atoms with E-state index in [9.17, 15) is 23.7 Å². The SMILES string of the molecule is Cn1ncnc1C(c1n[nH]c(=O)c2cc(F)cc(F)c12)C(C[N+](=O)[O-])c1ccccc1. The molecule has 0 spiro atoms. The number of halogens is 2. The van der Waals surface area contributed by atoms with Crippen LogP contribution in [0, 0.1) is 21.7 Å². The van der Waals surface area contributed by atoms with E-state index in [0.29, 0.717) is 11.6 Å². The van der Waals surface area contributed by atoms with Crippen molar-refractivity contribution in [3.05, 3.63) is 98.0 Å². The fourth-order valence-corrected chi connectivity index (χ4v) is 3.81. The standard InChI is InChI=1S/C20H16F2N6O3/c1-27-19(23-10-24-27)17(14(9-28(30)31)11-5-3-2-4-6-11)18-16-13(20(29)26-25-18)7-12(21)8-15(16)22/h2-8,10,14,17H,9H2,1H3,(H,26,29). The van der Waals surface area contributed by atoms with Crippen molar-refractivity contribution in [2.75, 3.05) is 6.54 Å². The third-order valence-electron chi connectivity index (χ3n) is 5.13. The van der Waals surface area contributed by atoms with E-state index in [4.69, 9.17) is 0 Å². The second kappa shape index (κ2) is 8.01. The molecule has 31 heavy (non-hydrogen) atoms. The van der Waals surface area contributed by atoms with Crippen molar-refractivity contribution in [3.63, 3.8) is 0 Å². The van der Waals surface area contributed by atoms with Crippen LogP contribution in [0.5, 0.6) is 0 Å². The van der Waals surface area contributed by atoms with Crippen molar-refractivity contribution in [2.24, 2.45) is 7.05 Å². The van der Waals surface area contributed by atoms with Crippen LogP contribution in [-0.2, 0) is 7.05 Å². The minimum atomic E-state index is -0.997. The largest absolute Gasteiger partial charge is 0.272 e. The minimum absolute atomic E-state index is 0.00102. The maximum atomic E-state index is 14.9. The molecule has 0 aliphatic heterocycles. The van der Waals surface area contributed by atoms with Crippen LogP contribution >= 0.6 is 0 Å². The highest BCUT2D eigenvalue weighted by Gasteiger charge is 2.37. The number of hydrogen-bond donors (Lipinski definition) is 1. The lowest BCUT2D eigenvalue weighted by atomic mass is 9.81. The molecular weight excluding hydrogens is 410 g/mol. The highest BCUT2D eigenvalue weighted by molar-refractivity contribution is 5.85. The van der Waals surface area contributed by atoms with Crippen molar-refractivity contribution in [1.29, 1.82) is 0 Å². The number of rotatable bonds is 6. The van der Waals surface area contributed by atoms with E-state index >= 15 is 0 Å². The maximum absolute atomic E-state index is 14.9. The van der Waals surface area contributed by atoms with Crippen LogP contribution in [0.4, 0.5) is 8.78 Å². The van der Waals surface area contributed by atoms with E-state index in [2.05, 4.69) is 20.3 Å². The van der Waals surface area contributed by atoms with E-state index in [1.54, 1.807) is 37.4 Å². The molecule has 158 valence electrons. The molecule has 11 heteroatoms. The van der Waals surface area contributed by atoms with E-state index in [1.807, 2.05) is 0 Å². The minimum Gasteiger partial charge on any atom is -0.267 e. The monoisotopic (exact) mass is 426 g/mol. The third kappa shape index (κ3) is 3.77. The summed E-state index contributed by atoms with van der Waals surface area (Å²) >= 11 is 0. The zero-order chi connectivity index (χ0) is 22.1. The van der Waals surface area contributed by atoms with Crippen LogP contribution in [0.1, 0.15) is 28.9 Å². The molecule has 0 aliphatic carbocycles. The Balaban J connectivity index is 2.06. The summed E-state index contributed by atoms with van der Waals surface area (Å²) in [5, 5.41) is 21.4. The van der Waals surface area contributed by atoms with Gasteiger partial charge in [-0.15, -0.1) is 0 Å². The molecule has 0 radical (unpaired) electrons. The Bertz CT molecular complexity index is 1320. The number of aromatic amines is 1. The van der Waals surface area contributed by atoms with Crippen LogP contribution in [0.25, 0.3) is 10.8 Å². The van der Waals surface area contributed by atoms with Gasteiger partial charge in [-0.3, -0.25) is 19.6 Å². The Labute approximate surface area is 173 Å². The van der Waals surface area contributed by atoms with Crippen molar-refractivity contribution in [1.82, 2.24) is 25.0 Å². The Kier molecular flexibility index (Phi) is 5.24. The molecule has 4 rings (SSSR count). The van der Waals surface area contributed by atoms with Gasteiger partial charge in [0.2, 0.25) is 6.54 Å². The van der Waals surface area contributed by atoms with Gasteiger partial charge >= 0.3 is 0 Å². The van der Waals surface area contributed by atoms with Gasteiger partial charge in [0.15, 0.2) is 0 Å². The van der Waals surface area contributed by atoms with Gasteiger partial charge in [-0.25, -0.2) is 18.9 Å². The molecule has 9 nitrogen and oxygen atoms in total. The van der Waals surface area contributed by atoms with Crippen molar-refractivity contribution in [2.45, 2.75) is 11.8 Å². The van der Waals surface area contributed by atoms with Crippen molar-refractivity contribution >= 4 is 10.8 Å². The third-order valence-corrected chi connectivity index (χ3v) is 5.13. The lowest BCUT2D eigenvalue weighted by Crippen LogP contribution is -2.26. The number of hydrogen-bond acceptors (Lipinski definition) is 6. The summed E-state index contributed by atoms with van der Waals surface area (Å²) in [6.45, 7) is -0.521. The molecule has 2 aromatic carbocycles. The Morgan fingerprint density at radius 3 is 2.61 bits per heavy atom. The summed E-state index contributed by atoms with van der Waals surface area (Å²) in [5.41, 5.74) is -0.186. The molecule has 1 N–H and O–H groups in total. The number of aromatic nitrogens is 5. The predicted octanol–water partition coefficient (Wildman–Crippen LogP) is 2.52. The quantitative estimate of drug-likeness (QED) is 0.374. The van der Waals surface area contributed by atoms with Gasteiger partial charge in [0, 0.05) is 23.4 Å². The predicted molar refractivity (Wildman–Crippen MR) is 106 cm³/mol. The van der Waals surface area contributed by atoms with E-state index in [-0.39, 0.29) is 22.3 Å². The highest BCUT2D eigenvalue weighted by Crippen LogP contribution is 2.39. The molecule has 4 aromatic rings. The first kappa shape index (κ1) is 20.3. The number of nitrogens with one attached hydrogen (secondary N) is 1. The summed E-state index contributed by atoms with van der Waals surface area (Å²) in [6.07, 6.45) is 1.26. The summed E-state index contributed by atoms with van der Waals surface area (Å²) < 4.78 is 30.1. The maximum Gasteiger partial charge on any atom is 0.272 e. The number of nitrogens with zero attached hydrogens (tertiary/aromatic N) is 5. The summed E-state index contributed by atoms with van der Waals surface area (Å²) in [5.74, 6) is -3.43. The smallest absolute Gasteiger partial charge is 0.267 e. The lowest BCUT2D eigenvalue weighted by Gasteiger charge is -2.24. The second-order valence-electron chi connectivity index (χ2n) is 7.00. The number of fused-ring (bicyclic) bond motifs is 1. The van der Waals surface area contributed by atoms with Crippen molar-refractivity contribution in [3.8, 4) is 0 Å². The molecule has 0 saturated carbocycles. The normalized spacial score (nSPS) is 13.3. The molecular formula is C20H16F2N6O3. The van der Waals surface area contributed by atoms with Crippen LogP contribution in [0.3, 0.4) is 0 Å². The second-order valence-corrected chi connectivity index (χ2v) is 7.00. The number of nitro groups is 1. The molecule has 0 aliphatic rings. The van der Waals surface area contributed by atoms with Gasteiger partial charge in [-0.1, -0.05) is 30.3 Å².